The highest BCUT2D eigenvalue weighted by atomic mass is 19.2. The van der Waals surface area contributed by atoms with E-state index in [-0.39, 0.29) is 24.2 Å². The normalized spacial score (nSPS) is 18.9. The number of hydrogen-bond donors (Lipinski definition) is 2. The zero-order valence-electron chi connectivity index (χ0n) is 12.6. The summed E-state index contributed by atoms with van der Waals surface area (Å²) in [5.74, 6) is -3.40. The van der Waals surface area contributed by atoms with Crippen molar-refractivity contribution in [3.63, 3.8) is 0 Å². The molecule has 0 unspecified atom stereocenters. The lowest BCUT2D eigenvalue weighted by atomic mass is 10.1. The Balaban J connectivity index is 1.64. The Kier molecular flexibility index (Phi) is 4.29. The Morgan fingerprint density at radius 2 is 1.92 bits per heavy atom. The molecule has 0 heterocycles. The van der Waals surface area contributed by atoms with Gasteiger partial charge >= 0.3 is 5.97 Å². The van der Waals surface area contributed by atoms with Crippen molar-refractivity contribution in [2.75, 3.05) is 5.32 Å². The van der Waals surface area contributed by atoms with Gasteiger partial charge in [-0.15, -0.1) is 0 Å². The third-order valence-electron chi connectivity index (χ3n) is 4.05. The average Bonchev–Trinajstić information content (AvgIpc) is 3.30. The van der Waals surface area contributed by atoms with Gasteiger partial charge < -0.3 is 10.4 Å². The summed E-state index contributed by atoms with van der Waals surface area (Å²) in [7, 11) is 0. The average molecular weight is 331 g/mol. The van der Waals surface area contributed by atoms with E-state index in [9.17, 15) is 18.4 Å². The lowest BCUT2D eigenvalue weighted by molar-refractivity contribution is -0.136. The molecule has 0 bridgehead atoms. The summed E-state index contributed by atoms with van der Waals surface area (Å²) in [6, 6.07) is 10.3. The molecule has 1 aliphatic carbocycles. The number of anilines is 1. The maximum absolute atomic E-state index is 13.3. The van der Waals surface area contributed by atoms with Gasteiger partial charge in [-0.25, -0.2) is 8.78 Å². The van der Waals surface area contributed by atoms with Gasteiger partial charge in [0.25, 0.3) is 0 Å². The first-order chi connectivity index (χ1) is 11.4. The second kappa shape index (κ2) is 6.39. The Morgan fingerprint density at radius 3 is 2.62 bits per heavy atom. The van der Waals surface area contributed by atoms with Crippen molar-refractivity contribution in [2.24, 2.45) is 5.92 Å². The van der Waals surface area contributed by atoms with Crippen LogP contribution in [0.5, 0.6) is 0 Å². The number of nitrogens with one attached hydrogen (secondary N) is 1. The molecular weight excluding hydrogens is 316 g/mol. The highest BCUT2D eigenvalue weighted by Crippen LogP contribution is 2.48. The predicted octanol–water partition coefficient (Wildman–Crippen LogP) is 3.33. The largest absolute Gasteiger partial charge is 0.481 e. The molecule has 24 heavy (non-hydrogen) atoms. The van der Waals surface area contributed by atoms with Gasteiger partial charge in [0, 0.05) is 11.6 Å². The molecule has 2 aromatic rings. The minimum atomic E-state index is -0.945. The maximum atomic E-state index is 13.3. The molecule has 1 saturated carbocycles. The molecule has 2 aromatic carbocycles. The van der Waals surface area contributed by atoms with Crippen LogP contribution in [0, 0.1) is 17.6 Å². The predicted molar refractivity (Wildman–Crippen MR) is 83.6 cm³/mol. The molecule has 0 saturated heterocycles. The fraction of sp³-hybridized carbons (Fsp3) is 0.222. The Hall–Kier alpha value is -2.76. The number of rotatable bonds is 5. The van der Waals surface area contributed by atoms with Crippen LogP contribution in [-0.4, -0.2) is 17.0 Å². The van der Waals surface area contributed by atoms with Crippen molar-refractivity contribution >= 4 is 17.6 Å². The van der Waals surface area contributed by atoms with Crippen molar-refractivity contribution in [3.05, 3.63) is 65.2 Å². The number of carbonyl (C=O) groups is 2. The van der Waals surface area contributed by atoms with E-state index in [2.05, 4.69) is 5.32 Å². The summed E-state index contributed by atoms with van der Waals surface area (Å²) < 4.78 is 26.2. The fourth-order valence-corrected chi connectivity index (χ4v) is 2.76. The number of aliphatic carboxylic acids is 1. The Morgan fingerprint density at radius 1 is 1.12 bits per heavy atom. The molecule has 6 heteroatoms. The summed E-state index contributed by atoms with van der Waals surface area (Å²) in [5.41, 5.74) is 1.72. The van der Waals surface area contributed by atoms with Gasteiger partial charge in [-0.05, 0) is 47.7 Å². The lowest BCUT2D eigenvalue weighted by Crippen LogP contribution is -2.15. The van der Waals surface area contributed by atoms with Gasteiger partial charge in [0.15, 0.2) is 11.6 Å². The second-order valence-corrected chi connectivity index (χ2v) is 5.88. The molecule has 124 valence electrons. The number of carboxylic acid groups (broad SMARTS) is 1. The number of carboxylic acids is 1. The van der Waals surface area contributed by atoms with E-state index in [1.807, 2.05) is 0 Å². The van der Waals surface area contributed by atoms with E-state index in [4.69, 9.17) is 5.11 Å². The van der Waals surface area contributed by atoms with Gasteiger partial charge in [0.1, 0.15) is 0 Å². The molecule has 2 atom stereocenters. The summed E-state index contributed by atoms with van der Waals surface area (Å²) in [6.07, 6.45) is 0.455. The van der Waals surface area contributed by atoms with Crippen molar-refractivity contribution < 1.29 is 23.5 Å². The Labute approximate surface area is 137 Å². The first kappa shape index (κ1) is 16.1. The van der Waals surface area contributed by atoms with Gasteiger partial charge in [-0.1, -0.05) is 18.2 Å². The molecule has 0 aromatic heterocycles. The monoisotopic (exact) mass is 331 g/mol. The maximum Gasteiger partial charge on any atom is 0.307 e. The van der Waals surface area contributed by atoms with Gasteiger partial charge in [0.2, 0.25) is 5.91 Å². The molecule has 0 radical (unpaired) electrons. The van der Waals surface area contributed by atoms with Crippen LogP contribution in [0.3, 0.4) is 0 Å². The zero-order chi connectivity index (χ0) is 17.3. The topological polar surface area (TPSA) is 66.4 Å². The quantitative estimate of drug-likeness (QED) is 0.883. The van der Waals surface area contributed by atoms with Gasteiger partial charge in [-0.2, -0.15) is 0 Å². The SMILES string of the molecule is O=C(O)Cc1cccc(NC(=O)[C@@H]2C[C@H]2c2ccc(F)c(F)c2)c1. The second-order valence-electron chi connectivity index (χ2n) is 5.88. The lowest BCUT2D eigenvalue weighted by Gasteiger charge is -2.07. The summed E-state index contributed by atoms with van der Waals surface area (Å²) in [6.45, 7) is 0. The van der Waals surface area contributed by atoms with E-state index < -0.39 is 17.6 Å². The first-order valence-corrected chi connectivity index (χ1v) is 7.50. The first-order valence-electron chi connectivity index (χ1n) is 7.50. The third kappa shape index (κ3) is 3.59. The van der Waals surface area contributed by atoms with Crippen LogP contribution in [0.15, 0.2) is 42.5 Å². The van der Waals surface area contributed by atoms with Crippen molar-refractivity contribution in [3.8, 4) is 0 Å². The van der Waals surface area contributed by atoms with E-state index in [1.165, 1.54) is 6.07 Å². The molecule has 0 aliphatic heterocycles. The third-order valence-corrected chi connectivity index (χ3v) is 4.05. The summed E-state index contributed by atoms with van der Waals surface area (Å²) in [4.78, 5) is 23.0. The van der Waals surface area contributed by atoms with E-state index in [0.29, 0.717) is 23.2 Å². The van der Waals surface area contributed by atoms with Crippen LogP contribution in [0.1, 0.15) is 23.5 Å². The highest BCUT2D eigenvalue weighted by Gasteiger charge is 2.44. The van der Waals surface area contributed by atoms with Crippen molar-refractivity contribution in [2.45, 2.75) is 18.8 Å². The van der Waals surface area contributed by atoms with Gasteiger partial charge in [-0.3, -0.25) is 9.59 Å². The van der Waals surface area contributed by atoms with Crippen LogP contribution >= 0.6 is 0 Å². The molecule has 2 N–H and O–H groups in total. The number of benzene rings is 2. The molecular formula is C18H15F2NO3. The van der Waals surface area contributed by atoms with Crippen LogP contribution < -0.4 is 5.32 Å². The van der Waals surface area contributed by atoms with Crippen LogP contribution in [0.25, 0.3) is 0 Å². The molecule has 1 aliphatic rings. The number of amides is 1. The van der Waals surface area contributed by atoms with Crippen LogP contribution in [-0.2, 0) is 16.0 Å². The van der Waals surface area contributed by atoms with Crippen molar-refractivity contribution in [1.82, 2.24) is 0 Å². The summed E-state index contributed by atoms with van der Waals surface area (Å²) in [5, 5.41) is 11.5. The highest BCUT2D eigenvalue weighted by molar-refractivity contribution is 5.95. The van der Waals surface area contributed by atoms with Crippen LogP contribution in [0.2, 0.25) is 0 Å². The molecule has 4 nitrogen and oxygen atoms in total. The molecule has 1 fully saturated rings. The molecule has 0 spiro atoms. The zero-order valence-corrected chi connectivity index (χ0v) is 12.6. The van der Waals surface area contributed by atoms with Crippen LogP contribution in [0.4, 0.5) is 14.5 Å². The number of hydrogen-bond acceptors (Lipinski definition) is 2. The minimum absolute atomic E-state index is 0.120. The smallest absolute Gasteiger partial charge is 0.307 e. The minimum Gasteiger partial charge on any atom is -0.481 e. The summed E-state index contributed by atoms with van der Waals surface area (Å²) >= 11 is 0. The molecule has 3 rings (SSSR count). The number of halogens is 2. The molecule has 1 amide bonds. The van der Waals surface area contributed by atoms with Crippen molar-refractivity contribution in [1.29, 1.82) is 0 Å². The van der Waals surface area contributed by atoms with Gasteiger partial charge in [0.05, 0.1) is 6.42 Å². The fourth-order valence-electron chi connectivity index (χ4n) is 2.76. The van der Waals surface area contributed by atoms with E-state index in [0.717, 1.165) is 12.1 Å². The Bertz CT molecular complexity index is 807. The van der Waals surface area contributed by atoms with E-state index in [1.54, 1.807) is 24.3 Å². The van der Waals surface area contributed by atoms with E-state index >= 15 is 0 Å². The number of carbonyl (C=O) groups excluding carboxylic acids is 1. The standard InChI is InChI=1S/C18H15F2NO3/c19-15-5-4-11(8-16(15)20)13-9-14(13)18(24)21-12-3-1-2-10(6-12)7-17(22)23/h1-6,8,13-14H,7,9H2,(H,21,24)(H,22,23)/t13-,14+/m0/s1.